The minimum Gasteiger partial charge on any atom is -0.481 e. The first kappa shape index (κ1) is 10.6. The van der Waals surface area contributed by atoms with Crippen LogP contribution in [0.15, 0.2) is 41.0 Å². The van der Waals surface area contributed by atoms with E-state index in [1.807, 2.05) is 6.07 Å². The summed E-state index contributed by atoms with van der Waals surface area (Å²) < 4.78 is 5.26. The van der Waals surface area contributed by atoms with Crippen molar-refractivity contribution in [3.8, 4) is 11.6 Å². The van der Waals surface area contributed by atoms with Crippen LogP contribution in [0, 0.1) is 0 Å². The molecule has 0 saturated heterocycles. The fourth-order valence-corrected chi connectivity index (χ4v) is 1.87. The molecular weight excluding hydrogens is 232 g/mol. The van der Waals surface area contributed by atoms with Crippen molar-refractivity contribution >= 4 is 17.0 Å². The minimum atomic E-state index is -0.847. The second kappa shape index (κ2) is 4.03. The molecule has 0 aliphatic heterocycles. The first-order valence-corrected chi connectivity index (χ1v) is 5.47. The van der Waals surface area contributed by atoms with E-state index in [1.54, 1.807) is 30.5 Å². The number of carboxylic acid groups (broad SMARTS) is 1. The van der Waals surface area contributed by atoms with Gasteiger partial charge in [0.15, 0.2) is 11.6 Å². The molecule has 5 heteroatoms. The maximum atomic E-state index is 10.7. The largest absolute Gasteiger partial charge is 0.481 e. The van der Waals surface area contributed by atoms with Crippen molar-refractivity contribution in [1.29, 1.82) is 0 Å². The number of nitrogens with one attached hydrogen (secondary N) is 1. The van der Waals surface area contributed by atoms with Gasteiger partial charge in [0.25, 0.3) is 0 Å². The van der Waals surface area contributed by atoms with Crippen LogP contribution in [0.3, 0.4) is 0 Å². The number of fused-ring (bicyclic) bond motifs is 1. The van der Waals surface area contributed by atoms with Gasteiger partial charge in [0.05, 0.1) is 23.7 Å². The summed E-state index contributed by atoms with van der Waals surface area (Å²) in [7, 11) is 0. The quantitative estimate of drug-likeness (QED) is 0.739. The smallest absolute Gasteiger partial charge is 0.307 e. The van der Waals surface area contributed by atoms with Gasteiger partial charge in [-0.25, -0.2) is 4.98 Å². The van der Waals surface area contributed by atoms with Crippen LogP contribution >= 0.6 is 0 Å². The van der Waals surface area contributed by atoms with E-state index in [9.17, 15) is 4.79 Å². The molecule has 0 bridgehead atoms. The van der Waals surface area contributed by atoms with Crippen molar-refractivity contribution in [1.82, 2.24) is 9.97 Å². The Labute approximate surface area is 102 Å². The topological polar surface area (TPSA) is 79.1 Å². The molecule has 3 aromatic rings. The number of aromatic amines is 1. The molecule has 2 N–H and O–H groups in total. The third-order valence-electron chi connectivity index (χ3n) is 2.66. The van der Waals surface area contributed by atoms with Gasteiger partial charge in [-0.2, -0.15) is 0 Å². The van der Waals surface area contributed by atoms with Gasteiger partial charge in [-0.3, -0.25) is 4.79 Å². The number of imidazole rings is 1. The molecule has 90 valence electrons. The molecule has 0 atom stereocenters. The van der Waals surface area contributed by atoms with Crippen LogP contribution in [-0.4, -0.2) is 21.0 Å². The Kier molecular flexibility index (Phi) is 2.37. The molecule has 0 aliphatic carbocycles. The van der Waals surface area contributed by atoms with E-state index < -0.39 is 5.97 Å². The number of benzene rings is 1. The lowest BCUT2D eigenvalue weighted by Crippen LogP contribution is -1.99. The van der Waals surface area contributed by atoms with E-state index in [0.717, 1.165) is 16.6 Å². The van der Waals surface area contributed by atoms with Gasteiger partial charge >= 0.3 is 5.97 Å². The monoisotopic (exact) mass is 242 g/mol. The van der Waals surface area contributed by atoms with Crippen molar-refractivity contribution in [2.24, 2.45) is 0 Å². The highest BCUT2D eigenvalue weighted by molar-refractivity contribution is 5.80. The fraction of sp³-hybridized carbons (Fsp3) is 0.0769. The van der Waals surface area contributed by atoms with Crippen LogP contribution in [0.1, 0.15) is 5.56 Å². The van der Waals surface area contributed by atoms with Crippen molar-refractivity contribution in [2.75, 3.05) is 0 Å². The van der Waals surface area contributed by atoms with Gasteiger partial charge in [0.1, 0.15) is 0 Å². The highest BCUT2D eigenvalue weighted by Gasteiger charge is 2.08. The molecule has 0 spiro atoms. The maximum Gasteiger partial charge on any atom is 0.307 e. The lowest BCUT2D eigenvalue weighted by Gasteiger charge is -1.95. The molecule has 0 unspecified atom stereocenters. The summed E-state index contributed by atoms with van der Waals surface area (Å²) in [4.78, 5) is 18.1. The fourth-order valence-electron chi connectivity index (χ4n) is 1.87. The normalized spacial score (nSPS) is 10.9. The van der Waals surface area contributed by atoms with Crippen LogP contribution in [0.2, 0.25) is 0 Å². The number of aliphatic carboxylic acids is 1. The summed E-state index contributed by atoms with van der Waals surface area (Å²) in [6, 6.07) is 8.97. The van der Waals surface area contributed by atoms with E-state index >= 15 is 0 Å². The average molecular weight is 242 g/mol. The number of furan rings is 1. The van der Waals surface area contributed by atoms with Crippen molar-refractivity contribution in [3.63, 3.8) is 0 Å². The molecular formula is C13H10N2O3. The molecule has 2 heterocycles. The van der Waals surface area contributed by atoms with Crippen LogP contribution in [0.4, 0.5) is 0 Å². The molecule has 1 aromatic carbocycles. The van der Waals surface area contributed by atoms with Crippen LogP contribution in [0.5, 0.6) is 0 Å². The summed E-state index contributed by atoms with van der Waals surface area (Å²) in [6.07, 6.45) is 1.59. The standard InChI is InChI=1S/C13H10N2O3/c16-12(17)7-8-3-4-9-10(6-8)15-13(14-9)11-2-1-5-18-11/h1-6H,7H2,(H,14,15)(H,16,17). The summed E-state index contributed by atoms with van der Waals surface area (Å²) in [5, 5.41) is 8.75. The zero-order valence-electron chi connectivity index (χ0n) is 9.38. The van der Waals surface area contributed by atoms with Gasteiger partial charge in [0, 0.05) is 0 Å². The summed E-state index contributed by atoms with van der Waals surface area (Å²) >= 11 is 0. The number of nitrogens with zero attached hydrogens (tertiary/aromatic N) is 1. The van der Waals surface area contributed by atoms with Gasteiger partial charge < -0.3 is 14.5 Å². The number of hydrogen-bond donors (Lipinski definition) is 2. The third kappa shape index (κ3) is 1.86. The Morgan fingerprint density at radius 1 is 1.39 bits per heavy atom. The highest BCUT2D eigenvalue weighted by atomic mass is 16.4. The Morgan fingerprint density at radius 3 is 3.00 bits per heavy atom. The molecule has 0 fully saturated rings. The lowest BCUT2D eigenvalue weighted by atomic mass is 10.1. The minimum absolute atomic E-state index is 0.00501. The molecule has 0 amide bonds. The van der Waals surface area contributed by atoms with Crippen molar-refractivity contribution in [3.05, 3.63) is 42.2 Å². The molecule has 0 radical (unpaired) electrons. The zero-order chi connectivity index (χ0) is 12.5. The summed E-state index contributed by atoms with van der Waals surface area (Å²) in [5.74, 6) is 0.452. The van der Waals surface area contributed by atoms with Gasteiger partial charge in [0.2, 0.25) is 0 Å². The Morgan fingerprint density at radius 2 is 2.28 bits per heavy atom. The molecule has 0 aliphatic rings. The maximum absolute atomic E-state index is 10.7. The number of carbonyl (C=O) groups is 1. The molecule has 3 rings (SSSR count). The average Bonchev–Trinajstić information content (AvgIpc) is 2.95. The number of rotatable bonds is 3. The number of hydrogen-bond acceptors (Lipinski definition) is 3. The van der Waals surface area contributed by atoms with Crippen LogP contribution in [-0.2, 0) is 11.2 Å². The summed E-state index contributed by atoms with van der Waals surface area (Å²) in [5.41, 5.74) is 2.33. The molecule has 2 aromatic heterocycles. The molecule has 0 saturated carbocycles. The Balaban J connectivity index is 2.04. The van der Waals surface area contributed by atoms with Crippen molar-refractivity contribution < 1.29 is 14.3 Å². The second-order valence-corrected chi connectivity index (χ2v) is 3.98. The highest BCUT2D eigenvalue weighted by Crippen LogP contribution is 2.21. The van der Waals surface area contributed by atoms with E-state index in [1.165, 1.54) is 0 Å². The Hall–Kier alpha value is -2.56. The van der Waals surface area contributed by atoms with Crippen LogP contribution < -0.4 is 0 Å². The van der Waals surface area contributed by atoms with Crippen LogP contribution in [0.25, 0.3) is 22.6 Å². The zero-order valence-corrected chi connectivity index (χ0v) is 9.38. The SMILES string of the molecule is O=C(O)Cc1ccc2nc(-c3ccco3)[nH]c2c1. The predicted octanol–water partition coefficient (Wildman–Crippen LogP) is 2.45. The van der Waals surface area contributed by atoms with E-state index in [2.05, 4.69) is 9.97 Å². The number of carboxylic acids is 1. The van der Waals surface area contributed by atoms with E-state index in [-0.39, 0.29) is 6.42 Å². The van der Waals surface area contributed by atoms with Gasteiger partial charge in [-0.05, 0) is 29.8 Å². The molecule has 5 nitrogen and oxygen atoms in total. The van der Waals surface area contributed by atoms with Gasteiger partial charge in [-0.15, -0.1) is 0 Å². The van der Waals surface area contributed by atoms with Crippen molar-refractivity contribution in [2.45, 2.75) is 6.42 Å². The number of H-pyrrole nitrogens is 1. The van der Waals surface area contributed by atoms with E-state index in [4.69, 9.17) is 9.52 Å². The summed E-state index contributed by atoms with van der Waals surface area (Å²) in [6.45, 7) is 0. The lowest BCUT2D eigenvalue weighted by molar-refractivity contribution is -0.136. The third-order valence-corrected chi connectivity index (χ3v) is 2.66. The Bertz CT molecular complexity index is 698. The van der Waals surface area contributed by atoms with Gasteiger partial charge in [-0.1, -0.05) is 6.07 Å². The first-order chi connectivity index (χ1) is 8.72. The second-order valence-electron chi connectivity index (χ2n) is 3.98. The predicted molar refractivity (Wildman–Crippen MR) is 65.1 cm³/mol. The van der Waals surface area contributed by atoms with E-state index in [0.29, 0.717) is 11.6 Å². The number of aromatic nitrogens is 2. The first-order valence-electron chi connectivity index (χ1n) is 5.47. The molecule has 18 heavy (non-hydrogen) atoms.